The van der Waals surface area contributed by atoms with Crippen molar-refractivity contribution >= 4 is 0 Å². The average Bonchev–Trinajstić information content (AvgIpc) is 2.00. The maximum atomic E-state index is 5.45. The van der Waals surface area contributed by atoms with E-state index in [0.29, 0.717) is 5.92 Å². The summed E-state index contributed by atoms with van der Waals surface area (Å²) in [6.07, 6.45) is 4.03. The standard InChI is InChI=1S/C10H20O/c1-6-7-8-10(4,11-5)9(2)3/h6,9H,1,7-8H2,2-5H3. The number of rotatable bonds is 5. The van der Waals surface area contributed by atoms with Gasteiger partial charge in [-0.1, -0.05) is 19.9 Å². The third-order valence-electron chi connectivity index (χ3n) is 2.53. The average molecular weight is 156 g/mol. The highest BCUT2D eigenvalue weighted by Crippen LogP contribution is 2.25. The Kier molecular flexibility index (Phi) is 4.43. The molecule has 1 nitrogen and oxygen atoms in total. The van der Waals surface area contributed by atoms with Gasteiger partial charge in [0.05, 0.1) is 5.60 Å². The zero-order valence-corrected chi connectivity index (χ0v) is 8.18. The maximum Gasteiger partial charge on any atom is 0.0676 e. The smallest absolute Gasteiger partial charge is 0.0676 e. The van der Waals surface area contributed by atoms with Crippen molar-refractivity contribution in [1.82, 2.24) is 0 Å². The lowest BCUT2D eigenvalue weighted by Crippen LogP contribution is -2.33. The molecule has 0 aromatic carbocycles. The molecule has 0 amide bonds. The second kappa shape index (κ2) is 4.55. The molecular weight excluding hydrogens is 136 g/mol. The molecule has 66 valence electrons. The zero-order chi connectivity index (χ0) is 8.91. The molecule has 1 atom stereocenters. The van der Waals surface area contributed by atoms with E-state index < -0.39 is 0 Å². The number of hydrogen-bond acceptors (Lipinski definition) is 1. The first-order valence-corrected chi connectivity index (χ1v) is 4.23. The Morgan fingerprint density at radius 1 is 1.55 bits per heavy atom. The number of allylic oxidation sites excluding steroid dienone is 1. The molecule has 0 N–H and O–H groups in total. The molecule has 0 aliphatic heterocycles. The van der Waals surface area contributed by atoms with Gasteiger partial charge in [-0.2, -0.15) is 0 Å². The topological polar surface area (TPSA) is 9.23 Å². The van der Waals surface area contributed by atoms with Gasteiger partial charge in [-0.05, 0) is 25.7 Å². The number of ether oxygens (including phenoxy) is 1. The molecule has 0 rings (SSSR count). The van der Waals surface area contributed by atoms with Gasteiger partial charge < -0.3 is 4.74 Å². The van der Waals surface area contributed by atoms with E-state index in [-0.39, 0.29) is 5.60 Å². The Labute approximate surface area is 70.4 Å². The van der Waals surface area contributed by atoms with Gasteiger partial charge in [0, 0.05) is 7.11 Å². The third-order valence-corrected chi connectivity index (χ3v) is 2.53. The van der Waals surface area contributed by atoms with Crippen molar-refractivity contribution in [2.75, 3.05) is 7.11 Å². The van der Waals surface area contributed by atoms with E-state index in [1.54, 1.807) is 7.11 Å². The number of hydrogen-bond donors (Lipinski definition) is 0. The molecule has 0 aliphatic carbocycles. The molecule has 11 heavy (non-hydrogen) atoms. The minimum absolute atomic E-state index is 0.0220. The fourth-order valence-corrected chi connectivity index (χ4v) is 1.02. The Bertz CT molecular complexity index is 118. The monoisotopic (exact) mass is 156 g/mol. The fraction of sp³-hybridized carbons (Fsp3) is 0.800. The van der Waals surface area contributed by atoms with Crippen molar-refractivity contribution in [3.63, 3.8) is 0 Å². The maximum absolute atomic E-state index is 5.45. The highest BCUT2D eigenvalue weighted by molar-refractivity contribution is 4.82. The van der Waals surface area contributed by atoms with Crippen molar-refractivity contribution < 1.29 is 4.74 Å². The zero-order valence-electron chi connectivity index (χ0n) is 8.18. The summed E-state index contributed by atoms with van der Waals surface area (Å²) in [5.41, 5.74) is 0.0220. The number of methoxy groups -OCH3 is 1. The molecule has 1 unspecified atom stereocenters. The van der Waals surface area contributed by atoms with Gasteiger partial charge in [0.1, 0.15) is 0 Å². The molecule has 0 bridgehead atoms. The predicted molar refractivity (Wildman–Crippen MR) is 49.7 cm³/mol. The van der Waals surface area contributed by atoms with Crippen LogP contribution in [0.25, 0.3) is 0 Å². The van der Waals surface area contributed by atoms with Gasteiger partial charge in [-0.3, -0.25) is 0 Å². The first-order chi connectivity index (χ1) is 5.06. The van der Waals surface area contributed by atoms with Crippen LogP contribution in [0.15, 0.2) is 12.7 Å². The molecular formula is C10H20O. The summed E-state index contributed by atoms with van der Waals surface area (Å²) in [5, 5.41) is 0. The van der Waals surface area contributed by atoms with Gasteiger partial charge in [0.2, 0.25) is 0 Å². The summed E-state index contributed by atoms with van der Waals surface area (Å²) in [5.74, 6) is 0.562. The first kappa shape index (κ1) is 10.7. The largest absolute Gasteiger partial charge is 0.378 e. The molecule has 0 saturated heterocycles. The van der Waals surface area contributed by atoms with E-state index in [4.69, 9.17) is 4.74 Å². The van der Waals surface area contributed by atoms with E-state index in [9.17, 15) is 0 Å². The van der Waals surface area contributed by atoms with Crippen molar-refractivity contribution in [3.8, 4) is 0 Å². The quantitative estimate of drug-likeness (QED) is 0.556. The summed E-state index contributed by atoms with van der Waals surface area (Å²) >= 11 is 0. The van der Waals surface area contributed by atoms with Crippen LogP contribution < -0.4 is 0 Å². The second-order valence-electron chi connectivity index (χ2n) is 3.50. The summed E-state index contributed by atoms with van der Waals surface area (Å²) in [7, 11) is 1.78. The molecule has 0 aliphatic rings. The van der Waals surface area contributed by atoms with Crippen LogP contribution in [0.3, 0.4) is 0 Å². The van der Waals surface area contributed by atoms with Gasteiger partial charge >= 0.3 is 0 Å². The molecule has 0 aromatic rings. The van der Waals surface area contributed by atoms with Crippen molar-refractivity contribution in [2.24, 2.45) is 5.92 Å². The van der Waals surface area contributed by atoms with Gasteiger partial charge in [0.15, 0.2) is 0 Å². The Hall–Kier alpha value is -0.300. The summed E-state index contributed by atoms with van der Waals surface area (Å²) in [6.45, 7) is 10.2. The van der Waals surface area contributed by atoms with Crippen LogP contribution in [-0.2, 0) is 4.74 Å². The van der Waals surface area contributed by atoms with Gasteiger partial charge in [-0.25, -0.2) is 0 Å². The van der Waals surface area contributed by atoms with E-state index in [1.807, 2.05) is 6.08 Å². The fourth-order valence-electron chi connectivity index (χ4n) is 1.02. The predicted octanol–water partition coefficient (Wildman–Crippen LogP) is 3.01. The van der Waals surface area contributed by atoms with Crippen molar-refractivity contribution in [3.05, 3.63) is 12.7 Å². The summed E-state index contributed by atoms with van der Waals surface area (Å²) in [6, 6.07) is 0. The lowest BCUT2D eigenvalue weighted by molar-refractivity contribution is -0.0377. The van der Waals surface area contributed by atoms with Gasteiger partial charge in [-0.15, -0.1) is 6.58 Å². The van der Waals surface area contributed by atoms with Crippen LogP contribution in [0.2, 0.25) is 0 Å². The molecule has 0 aromatic heterocycles. The minimum atomic E-state index is 0.0220. The molecule has 0 saturated carbocycles. The normalized spacial score (nSPS) is 16.5. The Balaban J connectivity index is 3.98. The highest BCUT2D eigenvalue weighted by Gasteiger charge is 2.26. The highest BCUT2D eigenvalue weighted by atomic mass is 16.5. The van der Waals surface area contributed by atoms with Crippen LogP contribution in [0.5, 0.6) is 0 Å². The van der Waals surface area contributed by atoms with Crippen LogP contribution in [0, 0.1) is 5.92 Å². The van der Waals surface area contributed by atoms with E-state index in [2.05, 4.69) is 27.4 Å². The SMILES string of the molecule is C=CCCC(C)(OC)C(C)C. The lowest BCUT2D eigenvalue weighted by atomic mass is 9.88. The molecule has 0 spiro atoms. The van der Waals surface area contributed by atoms with E-state index in [1.165, 1.54) is 0 Å². The molecule has 0 heterocycles. The molecule has 0 radical (unpaired) electrons. The van der Waals surface area contributed by atoms with E-state index in [0.717, 1.165) is 12.8 Å². The van der Waals surface area contributed by atoms with Crippen molar-refractivity contribution in [2.45, 2.75) is 39.2 Å². The summed E-state index contributed by atoms with van der Waals surface area (Å²) in [4.78, 5) is 0. The molecule has 1 heteroatoms. The summed E-state index contributed by atoms with van der Waals surface area (Å²) < 4.78 is 5.45. The van der Waals surface area contributed by atoms with Crippen LogP contribution in [-0.4, -0.2) is 12.7 Å². The lowest BCUT2D eigenvalue weighted by Gasteiger charge is -2.32. The van der Waals surface area contributed by atoms with Crippen molar-refractivity contribution in [1.29, 1.82) is 0 Å². The van der Waals surface area contributed by atoms with Crippen LogP contribution >= 0.6 is 0 Å². The second-order valence-corrected chi connectivity index (χ2v) is 3.50. The van der Waals surface area contributed by atoms with Crippen LogP contribution in [0.1, 0.15) is 33.6 Å². The Morgan fingerprint density at radius 2 is 2.09 bits per heavy atom. The third kappa shape index (κ3) is 3.06. The van der Waals surface area contributed by atoms with Gasteiger partial charge in [0.25, 0.3) is 0 Å². The first-order valence-electron chi connectivity index (χ1n) is 4.23. The minimum Gasteiger partial charge on any atom is -0.378 e. The molecule has 0 fully saturated rings. The van der Waals surface area contributed by atoms with Crippen LogP contribution in [0.4, 0.5) is 0 Å². The Morgan fingerprint density at radius 3 is 2.36 bits per heavy atom. The van der Waals surface area contributed by atoms with E-state index >= 15 is 0 Å².